The molecule has 138 valence electrons. The number of fused-ring (bicyclic) bond motifs is 1. The van der Waals surface area contributed by atoms with E-state index in [2.05, 4.69) is 31.2 Å². The molecule has 4 heterocycles. The molecule has 1 aliphatic heterocycles. The highest BCUT2D eigenvalue weighted by Crippen LogP contribution is 2.28. The molecular formula is C19H21N7O. The van der Waals surface area contributed by atoms with Gasteiger partial charge in [0.25, 0.3) is 5.56 Å². The summed E-state index contributed by atoms with van der Waals surface area (Å²) >= 11 is 0. The predicted molar refractivity (Wildman–Crippen MR) is 100 cm³/mol. The first-order valence-electron chi connectivity index (χ1n) is 9.46. The third-order valence-electron chi connectivity index (χ3n) is 5.48. The lowest BCUT2D eigenvalue weighted by molar-refractivity contribution is 0.483. The van der Waals surface area contributed by atoms with Crippen LogP contribution >= 0.6 is 0 Å². The molecule has 0 saturated carbocycles. The Morgan fingerprint density at radius 3 is 2.96 bits per heavy atom. The Balaban J connectivity index is 1.41. The maximum Gasteiger partial charge on any atom is 0.266 e. The zero-order chi connectivity index (χ0) is 18.2. The van der Waals surface area contributed by atoms with Crippen molar-refractivity contribution < 1.29 is 0 Å². The number of hydrogen-bond donors (Lipinski definition) is 0. The Morgan fingerprint density at radius 1 is 1.11 bits per heavy atom. The summed E-state index contributed by atoms with van der Waals surface area (Å²) in [6, 6.07) is 5.67. The molecule has 0 spiro atoms. The quantitative estimate of drug-likeness (QED) is 0.696. The van der Waals surface area contributed by atoms with Crippen molar-refractivity contribution in [3.63, 3.8) is 0 Å². The summed E-state index contributed by atoms with van der Waals surface area (Å²) in [5, 5.41) is 13.4. The molecule has 1 fully saturated rings. The topological polar surface area (TPSA) is 81.7 Å². The van der Waals surface area contributed by atoms with Crippen LogP contribution in [0.3, 0.4) is 0 Å². The lowest BCUT2D eigenvalue weighted by Crippen LogP contribution is -2.37. The van der Waals surface area contributed by atoms with Crippen molar-refractivity contribution in [2.45, 2.75) is 44.7 Å². The SMILES string of the molecule is O=c1ccc(-n2ccnc2)nn1CC1CCCN1c1cc2c(nn1)CCC2. The average Bonchev–Trinajstić information content (AvgIpc) is 3.44. The number of aromatic nitrogens is 6. The van der Waals surface area contributed by atoms with Crippen LogP contribution in [-0.4, -0.2) is 42.1 Å². The van der Waals surface area contributed by atoms with Crippen LogP contribution in [-0.2, 0) is 19.4 Å². The van der Waals surface area contributed by atoms with E-state index in [1.165, 1.54) is 5.56 Å². The van der Waals surface area contributed by atoms with Crippen LogP contribution in [0.4, 0.5) is 5.82 Å². The first-order chi connectivity index (χ1) is 13.3. The van der Waals surface area contributed by atoms with Gasteiger partial charge in [-0.1, -0.05) is 0 Å². The van der Waals surface area contributed by atoms with E-state index in [9.17, 15) is 4.79 Å². The summed E-state index contributed by atoms with van der Waals surface area (Å²) in [4.78, 5) is 18.7. The van der Waals surface area contributed by atoms with Crippen LogP contribution in [0.2, 0.25) is 0 Å². The van der Waals surface area contributed by atoms with Crippen LogP contribution in [0.1, 0.15) is 30.5 Å². The summed E-state index contributed by atoms with van der Waals surface area (Å²) < 4.78 is 3.35. The maximum atomic E-state index is 12.4. The van der Waals surface area contributed by atoms with Gasteiger partial charge in [0.15, 0.2) is 11.6 Å². The van der Waals surface area contributed by atoms with Gasteiger partial charge in [-0.25, -0.2) is 9.67 Å². The molecule has 0 aromatic carbocycles. The van der Waals surface area contributed by atoms with Crippen LogP contribution in [0, 0.1) is 0 Å². The van der Waals surface area contributed by atoms with Gasteiger partial charge in [-0.3, -0.25) is 9.36 Å². The van der Waals surface area contributed by atoms with E-state index in [0.717, 1.165) is 50.2 Å². The summed E-state index contributed by atoms with van der Waals surface area (Å²) in [7, 11) is 0. The zero-order valence-electron chi connectivity index (χ0n) is 15.0. The fourth-order valence-corrected chi connectivity index (χ4v) is 4.09. The Bertz CT molecular complexity index is 1010. The monoisotopic (exact) mass is 363 g/mol. The van der Waals surface area contributed by atoms with Gasteiger partial charge in [0.05, 0.1) is 18.3 Å². The molecule has 8 nitrogen and oxygen atoms in total. The van der Waals surface area contributed by atoms with Gasteiger partial charge in [-0.15, -0.1) is 5.10 Å². The molecule has 5 rings (SSSR count). The van der Waals surface area contributed by atoms with Crippen molar-refractivity contribution in [3.05, 3.63) is 58.5 Å². The number of imidazole rings is 1. The van der Waals surface area contributed by atoms with E-state index >= 15 is 0 Å². The van der Waals surface area contributed by atoms with Gasteiger partial charge >= 0.3 is 0 Å². The molecule has 0 bridgehead atoms. The van der Waals surface area contributed by atoms with E-state index < -0.39 is 0 Å². The lowest BCUT2D eigenvalue weighted by Gasteiger charge is -2.26. The third-order valence-corrected chi connectivity index (χ3v) is 5.48. The van der Waals surface area contributed by atoms with Crippen LogP contribution in [0.25, 0.3) is 5.82 Å². The van der Waals surface area contributed by atoms with E-state index in [4.69, 9.17) is 0 Å². The van der Waals surface area contributed by atoms with E-state index in [0.29, 0.717) is 12.4 Å². The molecule has 3 aromatic heterocycles. The van der Waals surface area contributed by atoms with Crippen molar-refractivity contribution in [2.24, 2.45) is 0 Å². The molecule has 8 heteroatoms. The van der Waals surface area contributed by atoms with Gasteiger partial charge in [0, 0.05) is 25.0 Å². The molecule has 2 aliphatic rings. The van der Waals surface area contributed by atoms with Crippen LogP contribution in [0.15, 0.2) is 41.7 Å². The first-order valence-corrected chi connectivity index (χ1v) is 9.46. The highest BCUT2D eigenvalue weighted by Gasteiger charge is 2.28. The second-order valence-electron chi connectivity index (χ2n) is 7.20. The minimum absolute atomic E-state index is 0.0919. The summed E-state index contributed by atoms with van der Waals surface area (Å²) in [5.41, 5.74) is 2.37. The largest absolute Gasteiger partial charge is 0.350 e. The standard InChI is InChI=1S/C19H21N7O/c27-19-7-6-17(24-10-8-20-13-24)23-26(19)12-15-4-2-9-25(15)18-11-14-3-1-5-16(14)21-22-18/h6-8,10-11,13,15H,1-5,9,12H2. The van der Waals surface area contributed by atoms with Crippen molar-refractivity contribution in [3.8, 4) is 5.82 Å². The number of aryl methyl sites for hydroxylation is 2. The fraction of sp³-hybridized carbons (Fsp3) is 0.421. The van der Waals surface area contributed by atoms with Crippen LogP contribution in [0.5, 0.6) is 0 Å². The molecule has 1 saturated heterocycles. The Kier molecular flexibility index (Phi) is 3.95. The molecule has 1 unspecified atom stereocenters. The Labute approximate surface area is 156 Å². The van der Waals surface area contributed by atoms with Crippen molar-refractivity contribution in [1.82, 2.24) is 29.5 Å². The normalized spacial score (nSPS) is 18.8. The van der Waals surface area contributed by atoms with E-state index in [1.807, 2.05) is 6.20 Å². The molecule has 0 radical (unpaired) electrons. The Morgan fingerprint density at radius 2 is 2.07 bits per heavy atom. The minimum Gasteiger partial charge on any atom is -0.350 e. The molecule has 0 amide bonds. The smallest absolute Gasteiger partial charge is 0.266 e. The highest BCUT2D eigenvalue weighted by atomic mass is 16.1. The number of anilines is 1. The lowest BCUT2D eigenvalue weighted by atomic mass is 10.2. The average molecular weight is 363 g/mol. The molecular weight excluding hydrogens is 342 g/mol. The summed E-state index contributed by atoms with van der Waals surface area (Å²) in [6.45, 7) is 1.48. The highest BCUT2D eigenvalue weighted by molar-refractivity contribution is 5.44. The molecule has 1 atom stereocenters. The third kappa shape index (κ3) is 3.01. The predicted octanol–water partition coefficient (Wildman–Crippen LogP) is 1.38. The van der Waals surface area contributed by atoms with Crippen molar-refractivity contribution >= 4 is 5.82 Å². The zero-order valence-corrected chi connectivity index (χ0v) is 15.0. The van der Waals surface area contributed by atoms with E-state index in [1.54, 1.807) is 33.9 Å². The van der Waals surface area contributed by atoms with Gasteiger partial charge in [0.1, 0.15) is 6.33 Å². The minimum atomic E-state index is -0.0919. The summed E-state index contributed by atoms with van der Waals surface area (Å²) in [5.74, 6) is 1.62. The fourth-order valence-electron chi connectivity index (χ4n) is 4.09. The maximum absolute atomic E-state index is 12.4. The number of nitrogens with zero attached hydrogens (tertiary/aromatic N) is 7. The molecule has 3 aromatic rings. The molecule has 1 aliphatic carbocycles. The first kappa shape index (κ1) is 16.2. The second kappa shape index (κ2) is 6.61. The number of hydrogen-bond acceptors (Lipinski definition) is 6. The van der Waals surface area contributed by atoms with Gasteiger partial charge in [-0.2, -0.15) is 10.2 Å². The second-order valence-corrected chi connectivity index (χ2v) is 7.20. The summed E-state index contributed by atoms with van der Waals surface area (Å²) in [6.07, 6.45) is 10.6. The Hall–Kier alpha value is -3.03. The molecule has 27 heavy (non-hydrogen) atoms. The molecule has 0 N–H and O–H groups in total. The van der Waals surface area contributed by atoms with Crippen molar-refractivity contribution in [2.75, 3.05) is 11.4 Å². The van der Waals surface area contributed by atoms with Gasteiger partial charge in [-0.05, 0) is 49.8 Å². The van der Waals surface area contributed by atoms with Gasteiger partial charge in [0.2, 0.25) is 0 Å². The van der Waals surface area contributed by atoms with E-state index in [-0.39, 0.29) is 11.6 Å². The van der Waals surface area contributed by atoms with Crippen LogP contribution < -0.4 is 10.5 Å². The van der Waals surface area contributed by atoms with Crippen molar-refractivity contribution in [1.29, 1.82) is 0 Å². The number of rotatable bonds is 4. The van der Waals surface area contributed by atoms with Gasteiger partial charge < -0.3 is 4.90 Å².